The molecule has 0 bridgehead atoms. The van der Waals surface area contributed by atoms with E-state index in [4.69, 9.17) is 4.74 Å². The molecule has 1 N–H and O–H groups in total. The molecule has 0 unspecified atom stereocenters. The highest BCUT2D eigenvalue weighted by molar-refractivity contribution is 6.00. The van der Waals surface area contributed by atoms with Crippen LogP contribution in [0.4, 0.5) is 8.78 Å². The molecule has 2 aliphatic heterocycles. The lowest BCUT2D eigenvalue weighted by Crippen LogP contribution is -2.61. The predicted molar refractivity (Wildman–Crippen MR) is 149 cm³/mol. The normalized spacial score (nSPS) is 20.7. The molecule has 1 atom stereocenters. The maximum Gasteiger partial charge on any atom is 0.387 e. The number of carbonyl (C=O) groups is 2. The van der Waals surface area contributed by atoms with Gasteiger partial charge in [-0.15, -0.1) is 0 Å². The highest BCUT2D eigenvalue weighted by atomic mass is 19.3. The number of aromatic nitrogens is 1. The van der Waals surface area contributed by atoms with E-state index in [1.54, 1.807) is 41.2 Å². The fourth-order valence-corrected chi connectivity index (χ4v) is 5.99. The second-order valence-corrected chi connectivity index (χ2v) is 11.1. The monoisotopic (exact) mass is 567 g/mol. The van der Waals surface area contributed by atoms with Gasteiger partial charge in [-0.2, -0.15) is 8.78 Å². The van der Waals surface area contributed by atoms with Gasteiger partial charge in [0.1, 0.15) is 23.7 Å². The Morgan fingerprint density at radius 2 is 1.85 bits per heavy atom. The van der Waals surface area contributed by atoms with Crippen molar-refractivity contribution < 1.29 is 27.8 Å². The second-order valence-electron chi connectivity index (χ2n) is 11.1. The molecular formula is C30H35F2N5O4. The van der Waals surface area contributed by atoms with Gasteiger partial charge in [0.2, 0.25) is 5.91 Å². The summed E-state index contributed by atoms with van der Waals surface area (Å²) in [7, 11) is 1.60. The summed E-state index contributed by atoms with van der Waals surface area (Å²) in [6.07, 6.45) is 2.55. The molecule has 11 heteroatoms. The van der Waals surface area contributed by atoms with Gasteiger partial charge < -0.3 is 24.3 Å². The van der Waals surface area contributed by atoms with Gasteiger partial charge in [-0.1, -0.05) is 12.1 Å². The zero-order chi connectivity index (χ0) is 28.5. The SMILES string of the molecule is COc1ccc2[nH]c(C(=O)N3CC(=O)N(Cc4cccc(OC(F)F)c4)[C@@H](CN4CCN(C5CC5)CC4)C3)cc2c1. The quantitative estimate of drug-likeness (QED) is 0.427. The van der Waals surface area contributed by atoms with Gasteiger partial charge >= 0.3 is 6.61 Å². The lowest BCUT2D eigenvalue weighted by molar-refractivity contribution is -0.140. The standard InChI is InChI=1S/C30H35F2N5O4/c1-40-24-7-8-26-21(14-24)15-27(33-26)29(39)36-18-23(17-34-9-11-35(12-10-34)22-5-6-22)37(28(38)19-36)16-20-3-2-4-25(13-20)41-30(31)32/h2-4,7-8,13-15,22-23,30,33H,5-6,9-12,16-19H2,1H3/t23-/m0/s1. The number of piperazine rings is 2. The van der Waals surface area contributed by atoms with Crippen molar-refractivity contribution in [1.82, 2.24) is 24.6 Å². The molecule has 2 amide bonds. The molecule has 3 fully saturated rings. The number of alkyl halides is 2. The molecule has 3 aliphatic rings. The lowest BCUT2D eigenvalue weighted by Gasteiger charge is -2.44. The fourth-order valence-electron chi connectivity index (χ4n) is 5.99. The number of hydrogen-bond acceptors (Lipinski definition) is 6. The average Bonchev–Trinajstić information content (AvgIpc) is 3.72. The van der Waals surface area contributed by atoms with E-state index in [2.05, 4.69) is 19.5 Å². The van der Waals surface area contributed by atoms with E-state index in [1.165, 1.54) is 18.9 Å². The van der Waals surface area contributed by atoms with Gasteiger partial charge in [0, 0.05) is 62.8 Å². The number of ether oxygens (including phenoxy) is 2. The smallest absolute Gasteiger partial charge is 0.387 e. The van der Waals surface area contributed by atoms with Crippen LogP contribution in [0.3, 0.4) is 0 Å². The summed E-state index contributed by atoms with van der Waals surface area (Å²) < 4.78 is 35.5. The Morgan fingerprint density at radius 3 is 2.59 bits per heavy atom. The zero-order valence-electron chi connectivity index (χ0n) is 23.1. The van der Waals surface area contributed by atoms with Crippen LogP contribution in [-0.2, 0) is 11.3 Å². The average molecular weight is 568 g/mol. The van der Waals surface area contributed by atoms with Crippen LogP contribution in [-0.4, -0.2) is 108 Å². The van der Waals surface area contributed by atoms with E-state index in [0.717, 1.165) is 43.1 Å². The molecule has 0 spiro atoms. The third-order valence-corrected chi connectivity index (χ3v) is 8.28. The lowest BCUT2D eigenvalue weighted by atomic mass is 10.1. The summed E-state index contributed by atoms with van der Waals surface area (Å²) in [6, 6.07) is 14.3. The van der Waals surface area contributed by atoms with Crippen LogP contribution in [0.1, 0.15) is 28.9 Å². The number of amides is 2. The Hall–Kier alpha value is -3.70. The number of nitrogens with one attached hydrogen (secondary N) is 1. The third-order valence-electron chi connectivity index (χ3n) is 8.28. The summed E-state index contributed by atoms with van der Waals surface area (Å²) >= 11 is 0. The van der Waals surface area contributed by atoms with E-state index < -0.39 is 6.61 Å². The molecule has 2 saturated heterocycles. The molecule has 3 aromatic rings. The Balaban J connectivity index is 1.20. The first-order valence-corrected chi connectivity index (χ1v) is 14.1. The van der Waals surface area contributed by atoms with Crippen LogP contribution < -0.4 is 9.47 Å². The van der Waals surface area contributed by atoms with Crippen molar-refractivity contribution in [3.8, 4) is 11.5 Å². The van der Waals surface area contributed by atoms with E-state index in [1.807, 2.05) is 18.2 Å². The largest absolute Gasteiger partial charge is 0.497 e. The number of aromatic amines is 1. The first-order valence-electron chi connectivity index (χ1n) is 14.1. The highest BCUT2D eigenvalue weighted by Gasteiger charge is 2.38. The van der Waals surface area contributed by atoms with Gasteiger partial charge in [-0.3, -0.25) is 19.4 Å². The summed E-state index contributed by atoms with van der Waals surface area (Å²) in [5, 5.41) is 0.855. The molecule has 1 saturated carbocycles. The minimum atomic E-state index is -2.92. The van der Waals surface area contributed by atoms with E-state index in [9.17, 15) is 18.4 Å². The fraction of sp³-hybridized carbons (Fsp3) is 0.467. The van der Waals surface area contributed by atoms with Crippen molar-refractivity contribution in [2.24, 2.45) is 0 Å². The van der Waals surface area contributed by atoms with Crippen LogP contribution in [0.25, 0.3) is 10.9 Å². The minimum absolute atomic E-state index is 0.0574. The van der Waals surface area contributed by atoms with Gasteiger partial charge in [-0.25, -0.2) is 0 Å². The molecule has 218 valence electrons. The molecule has 41 heavy (non-hydrogen) atoms. The number of nitrogens with zero attached hydrogens (tertiary/aromatic N) is 4. The molecule has 0 radical (unpaired) electrons. The third kappa shape index (κ3) is 6.31. The number of benzene rings is 2. The van der Waals surface area contributed by atoms with Crippen LogP contribution in [0, 0.1) is 0 Å². The first-order chi connectivity index (χ1) is 19.9. The van der Waals surface area contributed by atoms with Gasteiger partial charge in [0.15, 0.2) is 0 Å². The summed E-state index contributed by atoms with van der Waals surface area (Å²) in [5.41, 5.74) is 1.93. The summed E-state index contributed by atoms with van der Waals surface area (Å²) in [6.45, 7) is 2.09. The molecule has 3 heterocycles. The number of rotatable bonds is 9. The van der Waals surface area contributed by atoms with Crippen LogP contribution in [0.2, 0.25) is 0 Å². The summed E-state index contributed by atoms with van der Waals surface area (Å²) in [5.74, 6) is 0.347. The van der Waals surface area contributed by atoms with Crippen molar-refractivity contribution in [3.63, 3.8) is 0 Å². The number of halogens is 2. The molecule has 2 aromatic carbocycles. The van der Waals surface area contributed by atoms with Crippen LogP contribution in [0.15, 0.2) is 48.5 Å². The molecule has 1 aromatic heterocycles. The maximum absolute atomic E-state index is 13.6. The Labute approximate surface area is 237 Å². The second kappa shape index (κ2) is 11.7. The maximum atomic E-state index is 13.6. The van der Waals surface area contributed by atoms with E-state index >= 15 is 0 Å². The van der Waals surface area contributed by atoms with Crippen molar-refractivity contribution in [3.05, 3.63) is 59.8 Å². The molecule has 9 nitrogen and oxygen atoms in total. The van der Waals surface area contributed by atoms with Crippen LogP contribution in [0.5, 0.6) is 11.5 Å². The molecule has 6 rings (SSSR count). The molecular weight excluding hydrogens is 532 g/mol. The highest BCUT2D eigenvalue weighted by Crippen LogP contribution is 2.28. The van der Waals surface area contributed by atoms with Gasteiger partial charge in [-0.05, 0) is 54.8 Å². The van der Waals surface area contributed by atoms with Crippen molar-refractivity contribution in [2.45, 2.75) is 38.1 Å². The Morgan fingerprint density at radius 1 is 1.05 bits per heavy atom. The zero-order valence-corrected chi connectivity index (χ0v) is 23.1. The first kappa shape index (κ1) is 27.5. The predicted octanol–water partition coefficient (Wildman–Crippen LogP) is 3.41. The van der Waals surface area contributed by atoms with E-state index in [0.29, 0.717) is 30.1 Å². The Kier molecular flexibility index (Phi) is 7.81. The van der Waals surface area contributed by atoms with Crippen LogP contribution >= 0.6 is 0 Å². The minimum Gasteiger partial charge on any atom is -0.497 e. The van der Waals surface area contributed by atoms with Crippen molar-refractivity contribution in [1.29, 1.82) is 0 Å². The van der Waals surface area contributed by atoms with Gasteiger partial charge in [0.05, 0.1) is 13.2 Å². The number of carbonyl (C=O) groups excluding carboxylic acids is 2. The number of H-pyrrole nitrogens is 1. The topological polar surface area (TPSA) is 81.3 Å². The van der Waals surface area contributed by atoms with Gasteiger partial charge in [0.25, 0.3) is 5.91 Å². The van der Waals surface area contributed by atoms with E-state index in [-0.39, 0.29) is 36.7 Å². The summed E-state index contributed by atoms with van der Waals surface area (Å²) in [4.78, 5) is 38.7. The van der Waals surface area contributed by atoms with Crippen molar-refractivity contribution >= 4 is 22.7 Å². The Bertz CT molecular complexity index is 1400. The number of hydrogen-bond donors (Lipinski definition) is 1. The molecule has 1 aliphatic carbocycles. The number of methoxy groups -OCH3 is 1. The van der Waals surface area contributed by atoms with Crippen molar-refractivity contribution in [2.75, 3.05) is 52.9 Å². The number of fused-ring (bicyclic) bond motifs is 1.